The molecule has 0 spiro atoms. The second-order valence-corrected chi connectivity index (χ2v) is 4.23. The second-order valence-electron chi connectivity index (χ2n) is 4.23. The Kier molecular flexibility index (Phi) is 6.01. The van der Waals surface area contributed by atoms with E-state index in [-0.39, 0.29) is 6.61 Å². The van der Waals surface area contributed by atoms with Crippen LogP contribution >= 0.6 is 0 Å². The molecule has 1 atom stereocenters. The minimum atomic E-state index is 0.175. The zero-order valence-electron chi connectivity index (χ0n) is 11.0. The summed E-state index contributed by atoms with van der Waals surface area (Å²) in [4.78, 5) is 0. The Morgan fingerprint density at radius 2 is 2.18 bits per heavy atom. The fourth-order valence-electron chi connectivity index (χ4n) is 1.77. The van der Waals surface area contributed by atoms with Crippen molar-refractivity contribution in [1.82, 2.24) is 5.32 Å². The molecule has 0 fully saturated rings. The Morgan fingerprint density at radius 1 is 1.41 bits per heavy atom. The van der Waals surface area contributed by atoms with E-state index in [1.54, 1.807) is 0 Å². The van der Waals surface area contributed by atoms with Crippen LogP contribution in [0.15, 0.2) is 18.2 Å². The van der Waals surface area contributed by atoms with E-state index < -0.39 is 0 Å². The Labute approximate surface area is 104 Å². The van der Waals surface area contributed by atoms with Gasteiger partial charge in [0.15, 0.2) is 0 Å². The average molecular weight is 237 g/mol. The molecule has 0 aromatic heterocycles. The van der Waals surface area contributed by atoms with Gasteiger partial charge in [-0.25, -0.2) is 0 Å². The first-order valence-electron chi connectivity index (χ1n) is 6.26. The highest BCUT2D eigenvalue weighted by Crippen LogP contribution is 2.22. The van der Waals surface area contributed by atoms with Crippen molar-refractivity contribution >= 4 is 0 Å². The molecule has 2 N–H and O–H groups in total. The second kappa shape index (κ2) is 7.30. The van der Waals surface area contributed by atoms with Gasteiger partial charge in [0.25, 0.3) is 0 Å². The van der Waals surface area contributed by atoms with Crippen molar-refractivity contribution in [2.45, 2.75) is 33.2 Å². The van der Waals surface area contributed by atoms with Crippen LogP contribution in [-0.2, 0) is 0 Å². The molecule has 0 amide bonds. The van der Waals surface area contributed by atoms with E-state index in [4.69, 9.17) is 9.84 Å². The third-order valence-electron chi connectivity index (χ3n) is 2.77. The molecule has 96 valence electrons. The van der Waals surface area contributed by atoms with Gasteiger partial charge in [-0.15, -0.1) is 0 Å². The van der Waals surface area contributed by atoms with Gasteiger partial charge in [-0.05, 0) is 37.6 Å². The van der Waals surface area contributed by atoms with Crippen molar-refractivity contribution in [3.8, 4) is 5.75 Å². The van der Waals surface area contributed by atoms with Gasteiger partial charge in [-0.3, -0.25) is 0 Å². The Hall–Kier alpha value is -1.06. The highest BCUT2D eigenvalue weighted by atomic mass is 16.5. The predicted octanol–water partition coefficient (Wildman–Crippen LogP) is 2.43. The van der Waals surface area contributed by atoms with Gasteiger partial charge in [0.1, 0.15) is 5.75 Å². The molecule has 0 radical (unpaired) electrons. The topological polar surface area (TPSA) is 41.5 Å². The highest BCUT2D eigenvalue weighted by molar-refractivity contribution is 5.37. The monoisotopic (exact) mass is 237 g/mol. The molecule has 1 aromatic carbocycles. The molecule has 0 aliphatic rings. The molecule has 0 bridgehead atoms. The molecule has 0 aliphatic heterocycles. The molecule has 1 rings (SSSR count). The number of hydrogen-bond donors (Lipinski definition) is 2. The summed E-state index contributed by atoms with van der Waals surface area (Å²) in [6.45, 7) is 8.03. The molecule has 0 saturated heterocycles. The number of rotatable bonds is 7. The lowest BCUT2D eigenvalue weighted by Crippen LogP contribution is -2.17. The van der Waals surface area contributed by atoms with E-state index in [2.05, 4.69) is 38.2 Å². The lowest BCUT2D eigenvalue weighted by atomic mass is 10.1. The van der Waals surface area contributed by atoms with Crippen LogP contribution < -0.4 is 10.1 Å². The Balaban J connectivity index is 2.65. The number of hydrogen-bond acceptors (Lipinski definition) is 3. The molecule has 3 nitrogen and oxygen atoms in total. The maximum Gasteiger partial charge on any atom is 0.122 e. The first-order chi connectivity index (χ1) is 8.19. The Morgan fingerprint density at radius 3 is 2.76 bits per heavy atom. The predicted molar refractivity (Wildman–Crippen MR) is 70.5 cm³/mol. The van der Waals surface area contributed by atoms with E-state index in [9.17, 15) is 0 Å². The molecule has 3 heteroatoms. The minimum absolute atomic E-state index is 0.175. The lowest BCUT2D eigenvalue weighted by Gasteiger charge is -2.15. The van der Waals surface area contributed by atoms with Gasteiger partial charge in [0, 0.05) is 19.1 Å². The normalized spacial score (nSPS) is 12.5. The summed E-state index contributed by atoms with van der Waals surface area (Å²) in [6.07, 6.45) is 0.676. The summed E-state index contributed by atoms with van der Waals surface area (Å²) in [5, 5.41) is 12.1. The summed E-state index contributed by atoms with van der Waals surface area (Å²) in [5.41, 5.74) is 2.42. The molecule has 1 aromatic rings. The maximum atomic E-state index is 8.70. The largest absolute Gasteiger partial charge is 0.493 e. The van der Waals surface area contributed by atoms with Gasteiger partial charge in [0.2, 0.25) is 0 Å². The zero-order valence-corrected chi connectivity index (χ0v) is 11.0. The average Bonchev–Trinajstić information content (AvgIpc) is 2.31. The fourth-order valence-corrected chi connectivity index (χ4v) is 1.77. The van der Waals surface area contributed by atoms with E-state index in [1.165, 1.54) is 5.56 Å². The first kappa shape index (κ1) is 14.0. The van der Waals surface area contributed by atoms with Gasteiger partial charge in [0.05, 0.1) is 6.61 Å². The van der Waals surface area contributed by atoms with Crippen LogP contribution in [0.2, 0.25) is 0 Å². The summed E-state index contributed by atoms with van der Waals surface area (Å²) < 4.78 is 5.59. The standard InChI is InChI=1S/C14H23NO2/c1-4-15-12(3)13-6-7-14(11(2)10-13)17-9-5-8-16/h6-7,10,12,15-16H,4-5,8-9H2,1-3H3. The molecule has 17 heavy (non-hydrogen) atoms. The molecule has 0 heterocycles. The number of aliphatic hydroxyl groups excluding tert-OH is 1. The number of ether oxygens (including phenoxy) is 1. The molecule has 1 unspecified atom stereocenters. The van der Waals surface area contributed by atoms with Crippen LogP contribution in [0.3, 0.4) is 0 Å². The van der Waals surface area contributed by atoms with Crippen molar-refractivity contribution in [2.24, 2.45) is 0 Å². The van der Waals surface area contributed by atoms with E-state index in [0.717, 1.165) is 17.9 Å². The van der Waals surface area contributed by atoms with Gasteiger partial charge < -0.3 is 15.2 Å². The lowest BCUT2D eigenvalue weighted by molar-refractivity contribution is 0.233. The van der Waals surface area contributed by atoms with Crippen molar-refractivity contribution < 1.29 is 9.84 Å². The van der Waals surface area contributed by atoms with Gasteiger partial charge in [-0.2, -0.15) is 0 Å². The molecular weight excluding hydrogens is 214 g/mol. The van der Waals surface area contributed by atoms with Crippen LogP contribution in [-0.4, -0.2) is 24.9 Å². The molecular formula is C14H23NO2. The first-order valence-corrected chi connectivity index (χ1v) is 6.26. The van der Waals surface area contributed by atoms with Crippen LogP contribution in [0.1, 0.15) is 37.4 Å². The maximum absolute atomic E-state index is 8.70. The van der Waals surface area contributed by atoms with E-state index >= 15 is 0 Å². The van der Waals surface area contributed by atoms with Gasteiger partial charge in [-0.1, -0.05) is 19.1 Å². The summed E-state index contributed by atoms with van der Waals surface area (Å²) in [6, 6.07) is 6.62. The Bertz CT molecular complexity index is 339. The quantitative estimate of drug-likeness (QED) is 0.716. The number of benzene rings is 1. The van der Waals surface area contributed by atoms with Crippen LogP contribution in [0.4, 0.5) is 0 Å². The van der Waals surface area contributed by atoms with Crippen molar-refractivity contribution in [3.05, 3.63) is 29.3 Å². The summed E-state index contributed by atoms with van der Waals surface area (Å²) >= 11 is 0. The summed E-state index contributed by atoms with van der Waals surface area (Å²) in [5.74, 6) is 0.908. The van der Waals surface area contributed by atoms with Crippen molar-refractivity contribution in [2.75, 3.05) is 19.8 Å². The number of aryl methyl sites for hydroxylation is 1. The third kappa shape index (κ3) is 4.36. The van der Waals surface area contributed by atoms with Crippen LogP contribution in [0.5, 0.6) is 5.75 Å². The molecule has 0 saturated carbocycles. The van der Waals surface area contributed by atoms with Gasteiger partial charge >= 0.3 is 0 Å². The van der Waals surface area contributed by atoms with E-state index in [1.807, 2.05) is 6.07 Å². The summed E-state index contributed by atoms with van der Waals surface area (Å²) in [7, 11) is 0. The highest BCUT2D eigenvalue weighted by Gasteiger charge is 2.06. The SMILES string of the molecule is CCNC(C)c1ccc(OCCCO)c(C)c1. The van der Waals surface area contributed by atoms with E-state index in [0.29, 0.717) is 19.1 Å². The van der Waals surface area contributed by atoms with Crippen LogP contribution in [0.25, 0.3) is 0 Å². The number of aliphatic hydroxyl groups is 1. The van der Waals surface area contributed by atoms with Crippen molar-refractivity contribution in [3.63, 3.8) is 0 Å². The fraction of sp³-hybridized carbons (Fsp3) is 0.571. The van der Waals surface area contributed by atoms with Crippen LogP contribution in [0, 0.1) is 6.92 Å². The smallest absolute Gasteiger partial charge is 0.122 e. The number of nitrogens with one attached hydrogen (secondary N) is 1. The third-order valence-corrected chi connectivity index (χ3v) is 2.77. The zero-order chi connectivity index (χ0) is 12.7. The van der Waals surface area contributed by atoms with Crippen molar-refractivity contribution in [1.29, 1.82) is 0 Å². The minimum Gasteiger partial charge on any atom is -0.493 e. The molecule has 0 aliphatic carbocycles.